The first-order chi connectivity index (χ1) is 19.3. The van der Waals surface area contributed by atoms with Crippen LogP contribution in [0, 0.1) is 0 Å². The molecule has 3 amide bonds. The Morgan fingerprint density at radius 1 is 1.12 bits per heavy atom. The van der Waals surface area contributed by atoms with Gasteiger partial charge >= 0.3 is 12.0 Å². The predicted octanol–water partition coefficient (Wildman–Crippen LogP) is 3.63. The van der Waals surface area contributed by atoms with Gasteiger partial charge in [0.05, 0.1) is 23.4 Å². The number of fused-ring (bicyclic) bond motifs is 3. The molecule has 0 unspecified atom stereocenters. The number of carbonyl (C=O) groups excluding carboxylic acids is 2. The fourth-order valence-electron chi connectivity index (χ4n) is 5.25. The number of aromatic carboxylic acids is 1. The number of carbonyl (C=O) groups is 3. The molecular weight excluding hydrogens is 512 g/mol. The van der Waals surface area contributed by atoms with Crippen molar-refractivity contribution in [2.75, 3.05) is 43.1 Å². The Morgan fingerprint density at radius 2 is 1.95 bits per heavy atom. The van der Waals surface area contributed by atoms with E-state index in [9.17, 15) is 19.5 Å². The SMILES string of the molecule is CCNC(=O)N1CCc2c(OCCc3cnc4c(c3)C(=O)N(C)c3cccnc3N4CC)ccc(C(=O)O)c2C1. The van der Waals surface area contributed by atoms with Gasteiger partial charge in [0, 0.05) is 57.6 Å². The van der Waals surface area contributed by atoms with Gasteiger partial charge in [-0.3, -0.25) is 4.79 Å². The summed E-state index contributed by atoms with van der Waals surface area (Å²) in [4.78, 5) is 52.0. The number of rotatable bonds is 7. The molecule has 11 nitrogen and oxygen atoms in total. The van der Waals surface area contributed by atoms with Crippen LogP contribution in [0.2, 0.25) is 0 Å². The smallest absolute Gasteiger partial charge is 0.336 e. The van der Waals surface area contributed by atoms with Gasteiger partial charge in [-0.25, -0.2) is 19.6 Å². The lowest BCUT2D eigenvalue weighted by molar-refractivity contribution is 0.0693. The molecule has 0 bridgehead atoms. The standard InChI is InChI=1S/C29H32N6O5/c1-4-30-29(39)34-13-10-19-22(17-34)20(28(37)38)8-9-24(19)40-14-11-18-15-21-25(32-16-18)35(5-2)26-23(7-6-12-31-26)33(3)27(21)36/h6-9,12,15-16H,4-5,10-11,13-14,17H2,1-3H3,(H,30,39)(H,37,38). The summed E-state index contributed by atoms with van der Waals surface area (Å²) < 4.78 is 6.14. The molecule has 0 fully saturated rings. The van der Waals surface area contributed by atoms with Crippen molar-refractivity contribution in [2.24, 2.45) is 0 Å². The summed E-state index contributed by atoms with van der Waals surface area (Å²) in [7, 11) is 1.73. The maximum atomic E-state index is 13.4. The minimum atomic E-state index is -1.04. The third kappa shape index (κ3) is 4.90. The average Bonchev–Trinajstić information content (AvgIpc) is 3.05. The number of pyridine rings is 2. The molecule has 2 aliphatic rings. The van der Waals surface area contributed by atoms with E-state index in [4.69, 9.17) is 4.74 Å². The molecule has 0 aliphatic carbocycles. The van der Waals surface area contributed by atoms with Gasteiger partial charge in [0.1, 0.15) is 11.6 Å². The number of aromatic nitrogens is 2. The summed E-state index contributed by atoms with van der Waals surface area (Å²) in [6, 6.07) is 8.53. The predicted molar refractivity (Wildman–Crippen MR) is 150 cm³/mol. The van der Waals surface area contributed by atoms with Crippen LogP contribution in [0.25, 0.3) is 0 Å². The zero-order valence-corrected chi connectivity index (χ0v) is 22.8. The summed E-state index contributed by atoms with van der Waals surface area (Å²) in [5.41, 5.74) is 3.63. The van der Waals surface area contributed by atoms with Gasteiger partial charge in [0.2, 0.25) is 0 Å². The Labute approximate surface area is 232 Å². The van der Waals surface area contributed by atoms with Crippen LogP contribution in [0.1, 0.15) is 51.3 Å². The first-order valence-electron chi connectivity index (χ1n) is 13.4. The van der Waals surface area contributed by atoms with E-state index in [0.717, 1.165) is 16.8 Å². The van der Waals surface area contributed by atoms with Gasteiger partial charge in [0.25, 0.3) is 5.91 Å². The molecule has 0 saturated carbocycles. The summed E-state index contributed by atoms with van der Waals surface area (Å²) in [5.74, 6) is 0.655. The van der Waals surface area contributed by atoms with Crippen molar-refractivity contribution in [1.29, 1.82) is 0 Å². The molecule has 5 rings (SSSR count). The molecule has 1 aromatic carbocycles. The van der Waals surface area contributed by atoms with E-state index in [-0.39, 0.29) is 24.0 Å². The van der Waals surface area contributed by atoms with Crippen LogP contribution in [-0.4, -0.2) is 71.2 Å². The summed E-state index contributed by atoms with van der Waals surface area (Å²) in [6.45, 7) is 5.91. The van der Waals surface area contributed by atoms with E-state index < -0.39 is 5.97 Å². The van der Waals surface area contributed by atoms with Crippen LogP contribution in [0.15, 0.2) is 42.7 Å². The Kier molecular flexibility index (Phi) is 7.54. The molecule has 2 aliphatic heterocycles. The number of nitrogens with one attached hydrogen (secondary N) is 1. The van der Waals surface area contributed by atoms with Crippen molar-refractivity contribution in [3.8, 4) is 5.75 Å². The van der Waals surface area contributed by atoms with E-state index in [1.54, 1.807) is 35.3 Å². The van der Waals surface area contributed by atoms with Gasteiger partial charge in [-0.2, -0.15) is 0 Å². The van der Waals surface area contributed by atoms with Crippen molar-refractivity contribution >= 4 is 35.2 Å². The van der Waals surface area contributed by atoms with E-state index in [1.807, 2.05) is 36.9 Å². The fraction of sp³-hybridized carbons (Fsp3) is 0.345. The van der Waals surface area contributed by atoms with Crippen molar-refractivity contribution in [2.45, 2.75) is 33.2 Å². The zero-order chi connectivity index (χ0) is 28.4. The van der Waals surface area contributed by atoms with Crippen LogP contribution in [0.4, 0.5) is 22.1 Å². The molecule has 0 radical (unpaired) electrons. The largest absolute Gasteiger partial charge is 0.493 e. The molecule has 208 valence electrons. The minimum absolute atomic E-state index is 0.162. The van der Waals surface area contributed by atoms with Gasteiger partial charge in [-0.15, -0.1) is 0 Å². The second-order valence-corrected chi connectivity index (χ2v) is 9.65. The topological polar surface area (TPSA) is 128 Å². The molecule has 0 saturated heterocycles. The zero-order valence-electron chi connectivity index (χ0n) is 22.8. The number of carboxylic acids is 1. The molecule has 2 aromatic heterocycles. The van der Waals surface area contributed by atoms with Crippen LogP contribution < -0.4 is 19.9 Å². The third-order valence-electron chi connectivity index (χ3n) is 7.28. The van der Waals surface area contributed by atoms with E-state index in [2.05, 4.69) is 15.3 Å². The van der Waals surface area contributed by atoms with Crippen molar-refractivity contribution in [3.63, 3.8) is 0 Å². The summed E-state index contributed by atoms with van der Waals surface area (Å²) in [6.07, 6.45) is 4.44. The van der Waals surface area contributed by atoms with E-state index in [0.29, 0.717) is 67.6 Å². The first-order valence-corrected chi connectivity index (χ1v) is 13.4. The van der Waals surface area contributed by atoms with Crippen LogP contribution in [0.3, 0.4) is 0 Å². The monoisotopic (exact) mass is 544 g/mol. The van der Waals surface area contributed by atoms with Crippen molar-refractivity contribution in [3.05, 3.63) is 70.5 Å². The lowest BCUT2D eigenvalue weighted by atomic mass is 9.94. The van der Waals surface area contributed by atoms with Crippen LogP contribution in [0.5, 0.6) is 5.75 Å². The molecule has 11 heteroatoms. The summed E-state index contributed by atoms with van der Waals surface area (Å²) in [5, 5.41) is 12.5. The molecule has 2 N–H and O–H groups in total. The van der Waals surface area contributed by atoms with Crippen LogP contribution in [-0.2, 0) is 19.4 Å². The highest BCUT2D eigenvalue weighted by molar-refractivity contribution is 6.12. The molecule has 0 spiro atoms. The molecule has 40 heavy (non-hydrogen) atoms. The van der Waals surface area contributed by atoms with E-state index in [1.165, 1.54) is 6.07 Å². The normalized spacial score (nSPS) is 14.2. The lowest BCUT2D eigenvalue weighted by Gasteiger charge is -2.31. The number of hydrogen-bond acceptors (Lipinski definition) is 7. The lowest BCUT2D eigenvalue weighted by Crippen LogP contribution is -2.43. The number of carboxylic acid groups (broad SMARTS) is 1. The Balaban J connectivity index is 1.35. The molecule has 0 atom stereocenters. The first kappa shape index (κ1) is 26.9. The maximum Gasteiger partial charge on any atom is 0.336 e. The third-order valence-corrected chi connectivity index (χ3v) is 7.28. The number of ether oxygens (including phenoxy) is 1. The molecule has 4 heterocycles. The molecule has 3 aromatic rings. The Morgan fingerprint density at radius 3 is 2.70 bits per heavy atom. The molecular formula is C29H32N6O5. The average molecular weight is 545 g/mol. The maximum absolute atomic E-state index is 13.4. The highest BCUT2D eigenvalue weighted by Gasteiger charge is 2.31. The number of hydrogen-bond donors (Lipinski definition) is 2. The minimum Gasteiger partial charge on any atom is -0.493 e. The van der Waals surface area contributed by atoms with Crippen molar-refractivity contribution in [1.82, 2.24) is 20.2 Å². The van der Waals surface area contributed by atoms with E-state index >= 15 is 0 Å². The number of urea groups is 1. The van der Waals surface area contributed by atoms with Gasteiger partial charge in [-0.05, 0) is 61.7 Å². The second kappa shape index (κ2) is 11.2. The number of amides is 3. The van der Waals surface area contributed by atoms with Gasteiger partial charge in [-0.1, -0.05) is 0 Å². The van der Waals surface area contributed by atoms with Gasteiger partial charge < -0.3 is 29.9 Å². The highest BCUT2D eigenvalue weighted by atomic mass is 16.5. The summed E-state index contributed by atoms with van der Waals surface area (Å²) >= 11 is 0. The highest BCUT2D eigenvalue weighted by Crippen LogP contribution is 2.37. The Hall–Kier alpha value is -4.67. The quantitative estimate of drug-likeness (QED) is 0.462. The van der Waals surface area contributed by atoms with Gasteiger partial charge in [0.15, 0.2) is 5.82 Å². The Bertz CT molecular complexity index is 1480. The number of nitrogens with zero attached hydrogens (tertiary/aromatic N) is 5. The number of benzene rings is 1. The fourth-order valence-corrected chi connectivity index (χ4v) is 5.25. The van der Waals surface area contributed by atoms with Crippen molar-refractivity contribution < 1.29 is 24.2 Å². The second-order valence-electron chi connectivity index (χ2n) is 9.65. The van der Waals surface area contributed by atoms with Crippen LogP contribution >= 0.6 is 0 Å². The number of anilines is 3.